The van der Waals surface area contributed by atoms with E-state index < -0.39 is 0 Å². The van der Waals surface area contributed by atoms with Crippen LogP contribution in [0.5, 0.6) is 0 Å². The van der Waals surface area contributed by atoms with E-state index in [2.05, 4.69) is 19.2 Å². The fourth-order valence-electron chi connectivity index (χ4n) is 1.95. The van der Waals surface area contributed by atoms with Crippen molar-refractivity contribution in [2.75, 3.05) is 25.6 Å². The van der Waals surface area contributed by atoms with Crippen molar-refractivity contribution in [2.45, 2.75) is 38.8 Å². The van der Waals surface area contributed by atoms with Gasteiger partial charge in [0, 0.05) is 20.1 Å². The number of thioether (sulfide) groups is 1. The summed E-state index contributed by atoms with van der Waals surface area (Å²) in [5, 5.41) is 3.53. The Labute approximate surface area is 115 Å². The largest absolute Gasteiger partial charge is 0.347 e. The number of halogens is 1. The SMILES string of the molecule is CC(C)C(NC1CCSCC1)C(=O)N(C)C.Cl. The first kappa shape index (κ1) is 17.1. The topological polar surface area (TPSA) is 32.3 Å². The summed E-state index contributed by atoms with van der Waals surface area (Å²) in [7, 11) is 3.66. The Morgan fingerprint density at radius 3 is 2.24 bits per heavy atom. The number of amides is 1. The minimum atomic E-state index is -0.0249. The van der Waals surface area contributed by atoms with Crippen molar-refractivity contribution in [3.63, 3.8) is 0 Å². The normalized spacial score (nSPS) is 18.6. The molecular weight excluding hydrogens is 256 g/mol. The van der Waals surface area contributed by atoms with Crippen LogP contribution in [0.4, 0.5) is 0 Å². The Morgan fingerprint density at radius 1 is 1.29 bits per heavy atom. The van der Waals surface area contributed by atoms with Crippen LogP contribution in [0.3, 0.4) is 0 Å². The van der Waals surface area contributed by atoms with Crippen molar-refractivity contribution in [3.05, 3.63) is 0 Å². The van der Waals surface area contributed by atoms with E-state index in [4.69, 9.17) is 0 Å². The Hall–Kier alpha value is 0.0700. The molecule has 0 aliphatic carbocycles. The van der Waals surface area contributed by atoms with Crippen LogP contribution < -0.4 is 5.32 Å². The van der Waals surface area contributed by atoms with Gasteiger partial charge in [-0.3, -0.25) is 4.79 Å². The second kappa shape index (κ2) is 8.22. The van der Waals surface area contributed by atoms with Crippen LogP contribution in [0.2, 0.25) is 0 Å². The lowest BCUT2D eigenvalue weighted by Gasteiger charge is -2.31. The average Bonchev–Trinajstić information content (AvgIpc) is 2.26. The van der Waals surface area contributed by atoms with E-state index >= 15 is 0 Å². The minimum Gasteiger partial charge on any atom is -0.347 e. The van der Waals surface area contributed by atoms with E-state index in [-0.39, 0.29) is 24.4 Å². The van der Waals surface area contributed by atoms with Gasteiger partial charge in [0.15, 0.2) is 0 Å². The van der Waals surface area contributed by atoms with Gasteiger partial charge in [0.05, 0.1) is 6.04 Å². The molecule has 1 amide bonds. The molecule has 1 aliphatic rings. The molecule has 0 radical (unpaired) electrons. The van der Waals surface area contributed by atoms with Crippen molar-refractivity contribution in [1.29, 1.82) is 0 Å². The predicted molar refractivity (Wildman–Crippen MR) is 78.1 cm³/mol. The molecule has 0 saturated carbocycles. The summed E-state index contributed by atoms with van der Waals surface area (Å²) in [5.41, 5.74) is 0. The molecule has 1 saturated heterocycles. The van der Waals surface area contributed by atoms with Crippen molar-refractivity contribution in [3.8, 4) is 0 Å². The molecular formula is C12H25ClN2OS. The number of rotatable bonds is 4. The van der Waals surface area contributed by atoms with Crippen molar-refractivity contribution in [2.24, 2.45) is 5.92 Å². The van der Waals surface area contributed by atoms with E-state index in [9.17, 15) is 4.79 Å². The molecule has 1 atom stereocenters. The number of hydrogen-bond acceptors (Lipinski definition) is 3. The maximum absolute atomic E-state index is 12.0. The van der Waals surface area contributed by atoms with Gasteiger partial charge in [-0.05, 0) is 30.3 Å². The molecule has 1 heterocycles. The van der Waals surface area contributed by atoms with Gasteiger partial charge in [-0.1, -0.05) is 13.8 Å². The van der Waals surface area contributed by atoms with E-state index in [1.807, 2.05) is 25.9 Å². The summed E-state index contributed by atoms with van der Waals surface area (Å²) in [6, 6.07) is 0.501. The molecule has 3 nitrogen and oxygen atoms in total. The molecule has 0 spiro atoms. The summed E-state index contributed by atoms with van der Waals surface area (Å²) >= 11 is 2.01. The zero-order chi connectivity index (χ0) is 12.1. The lowest BCUT2D eigenvalue weighted by molar-refractivity contribution is -0.132. The minimum absolute atomic E-state index is 0. The van der Waals surface area contributed by atoms with Crippen LogP contribution in [0.1, 0.15) is 26.7 Å². The van der Waals surface area contributed by atoms with Gasteiger partial charge in [-0.25, -0.2) is 0 Å². The standard InChI is InChI=1S/C12H24N2OS.ClH/c1-9(2)11(12(15)14(3)4)13-10-5-7-16-8-6-10;/h9-11,13H,5-8H2,1-4H3;1H. The van der Waals surface area contributed by atoms with Gasteiger partial charge in [-0.15, -0.1) is 12.4 Å². The number of hydrogen-bond donors (Lipinski definition) is 1. The van der Waals surface area contributed by atoms with Crippen LogP contribution >= 0.6 is 24.2 Å². The maximum Gasteiger partial charge on any atom is 0.239 e. The highest BCUT2D eigenvalue weighted by atomic mass is 35.5. The molecule has 1 aliphatic heterocycles. The number of carbonyl (C=O) groups is 1. The van der Waals surface area contributed by atoms with Crippen LogP contribution in [-0.2, 0) is 4.79 Å². The molecule has 0 aromatic heterocycles. The van der Waals surface area contributed by atoms with Gasteiger partial charge < -0.3 is 10.2 Å². The predicted octanol–water partition coefficient (Wildman–Crippen LogP) is 2.01. The Bertz CT molecular complexity index is 231. The first-order valence-electron chi connectivity index (χ1n) is 6.07. The highest BCUT2D eigenvalue weighted by Gasteiger charge is 2.26. The van der Waals surface area contributed by atoms with Crippen LogP contribution in [0.15, 0.2) is 0 Å². The number of nitrogens with one attached hydrogen (secondary N) is 1. The quantitative estimate of drug-likeness (QED) is 0.855. The zero-order valence-electron chi connectivity index (χ0n) is 11.2. The third-order valence-electron chi connectivity index (χ3n) is 3.01. The molecule has 0 aromatic rings. The van der Waals surface area contributed by atoms with Gasteiger partial charge in [0.2, 0.25) is 5.91 Å². The summed E-state index contributed by atoms with van der Waals surface area (Å²) in [6.45, 7) is 4.22. The third-order valence-corrected chi connectivity index (χ3v) is 4.06. The first-order chi connectivity index (χ1) is 7.52. The van der Waals surface area contributed by atoms with Gasteiger partial charge in [0.1, 0.15) is 0 Å². The Morgan fingerprint density at radius 2 is 1.82 bits per heavy atom. The van der Waals surface area contributed by atoms with Crippen molar-refractivity contribution < 1.29 is 4.79 Å². The first-order valence-corrected chi connectivity index (χ1v) is 7.22. The van der Waals surface area contributed by atoms with Gasteiger partial charge in [0.25, 0.3) is 0 Å². The molecule has 1 fully saturated rings. The highest BCUT2D eigenvalue weighted by Crippen LogP contribution is 2.18. The monoisotopic (exact) mass is 280 g/mol. The molecule has 5 heteroatoms. The Balaban J connectivity index is 0.00000256. The third kappa shape index (κ3) is 5.49. The van der Waals surface area contributed by atoms with Crippen LogP contribution in [0.25, 0.3) is 0 Å². The smallest absolute Gasteiger partial charge is 0.239 e. The van der Waals surface area contributed by atoms with E-state index in [0.717, 1.165) is 0 Å². The number of carbonyl (C=O) groups excluding carboxylic acids is 1. The second-order valence-corrected chi connectivity index (χ2v) is 6.23. The molecule has 1 unspecified atom stereocenters. The second-order valence-electron chi connectivity index (χ2n) is 5.01. The van der Waals surface area contributed by atoms with Crippen LogP contribution in [0, 0.1) is 5.92 Å². The van der Waals surface area contributed by atoms with Gasteiger partial charge >= 0.3 is 0 Å². The zero-order valence-corrected chi connectivity index (χ0v) is 12.9. The molecule has 17 heavy (non-hydrogen) atoms. The fraction of sp³-hybridized carbons (Fsp3) is 0.917. The lowest BCUT2D eigenvalue weighted by atomic mass is 10.0. The van der Waals surface area contributed by atoms with Crippen molar-refractivity contribution in [1.82, 2.24) is 10.2 Å². The molecule has 0 aromatic carbocycles. The average molecular weight is 281 g/mol. The molecule has 0 bridgehead atoms. The molecule has 1 N–H and O–H groups in total. The van der Waals surface area contributed by atoms with Gasteiger partial charge in [-0.2, -0.15) is 11.8 Å². The number of nitrogens with zero attached hydrogens (tertiary/aromatic N) is 1. The number of likely N-dealkylation sites (N-methyl/N-ethyl adjacent to an activating group) is 1. The summed E-state index contributed by atoms with van der Waals surface area (Å²) in [4.78, 5) is 13.7. The van der Waals surface area contributed by atoms with E-state index in [1.54, 1.807) is 4.90 Å². The van der Waals surface area contributed by atoms with Crippen molar-refractivity contribution >= 4 is 30.1 Å². The van der Waals surface area contributed by atoms with E-state index in [0.29, 0.717) is 12.0 Å². The molecule has 1 rings (SSSR count). The molecule has 102 valence electrons. The maximum atomic E-state index is 12.0. The Kier molecular flexibility index (Phi) is 8.25. The van der Waals surface area contributed by atoms with Crippen LogP contribution in [-0.4, -0.2) is 48.5 Å². The highest BCUT2D eigenvalue weighted by molar-refractivity contribution is 7.99. The van der Waals surface area contributed by atoms with E-state index in [1.165, 1.54) is 24.3 Å². The summed E-state index contributed by atoms with van der Waals surface area (Å²) in [6.07, 6.45) is 2.38. The summed E-state index contributed by atoms with van der Waals surface area (Å²) in [5.74, 6) is 3.00. The fourth-order valence-corrected chi connectivity index (χ4v) is 3.05. The summed E-state index contributed by atoms with van der Waals surface area (Å²) < 4.78 is 0. The lowest BCUT2D eigenvalue weighted by Crippen LogP contribution is -2.51.